The highest BCUT2D eigenvalue weighted by Gasteiger charge is 2.18. The first kappa shape index (κ1) is 16.5. The van der Waals surface area contributed by atoms with E-state index in [9.17, 15) is 9.00 Å². The molecule has 3 N–H and O–H groups in total. The summed E-state index contributed by atoms with van der Waals surface area (Å²) in [6, 6.07) is 5.76. The van der Waals surface area contributed by atoms with Crippen LogP contribution in [0.25, 0.3) is 10.1 Å². The van der Waals surface area contributed by atoms with E-state index in [1.54, 1.807) is 6.26 Å². The zero-order valence-electron chi connectivity index (χ0n) is 11.8. The van der Waals surface area contributed by atoms with Gasteiger partial charge < -0.3 is 11.1 Å². The molecular formula is C14H17BrN2O2S2. The van der Waals surface area contributed by atoms with Gasteiger partial charge in [-0.25, -0.2) is 0 Å². The number of amides is 1. The van der Waals surface area contributed by atoms with E-state index in [1.807, 2.05) is 25.1 Å². The Balaban J connectivity index is 2.16. The second-order valence-electron chi connectivity index (χ2n) is 4.93. The molecule has 0 aliphatic carbocycles. The highest BCUT2D eigenvalue weighted by molar-refractivity contribution is 9.10. The van der Waals surface area contributed by atoms with Gasteiger partial charge in [0.1, 0.15) is 4.88 Å². The summed E-state index contributed by atoms with van der Waals surface area (Å²) in [5.41, 5.74) is 6.60. The molecule has 0 aliphatic heterocycles. The minimum Gasteiger partial charge on any atom is -0.397 e. The smallest absolute Gasteiger partial charge is 0.263 e. The number of halogens is 1. The minimum absolute atomic E-state index is 0.0299. The molecule has 0 fully saturated rings. The lowest BCUT2D eigenvalue weighted by atomic mass is 10.2. The maximum atomic E-state index is 12.3. The van der Waals surface area contributed by atoms with E-state index in [0.717, 1.165) is 14.6 Å². The van der Waals surface area contributed by atoms with E-state index in [4.69, 9.17) is 5.73 Å². The lowest BCUT2D eigenvalue weighted by Gasteiger charge is -2.12. The highest BCUT2D eigenvalue weighted by atomic mass is 79.9. The highest BCUT2D eigenvalue weighted by Crippen LogP contribution is 2.35. The van der Waals surface area contributed by atoms with Crippen molar-refractivity contribution in [3.8, 4) is 0 Å². The second kappa shape index (κ2) is 6.89. The number of hydrogen-bond donors (Lipinski definition) is 2. The standard InChI is InChI=1S/C14H17BrN2O2S2/c1-8(5-6-21(2)19)17-14(18)13-12(16)10-7-9(15)3-4-11(10)20-13/h3-4,7-8H,5-6,16H2,1-2H3,(H,17,18). The molecule has 0 aliphatic rings. The second-order valence-corrected chi connectivity index (χ2v) is 8.45. The maximum absolute atomic E-state index is 12.3. The first-order valence-corrected chi connectivity index (χ1v) is 9.80. The van der Waals surface area contributed by atoms with Crippen LogP contribution in [0.5, 0.6) is 0 Å². The average molecular weight is 389 g/mol. The normalized spacial score (nSPS) is 14.0. The number of nitrogens with one attached hydrogen (secondary N) is 1. The van der Waals surface area contributed by atoms with Crippen LogP contribution in [0, 0.1) is 0 Å². The van der Waals surface area contributed by atoms with Gasteiger partial charge >= 0.3 is 0 Å². The third kappa shape index (κ3) is 4.05. The topological polar surface area (TPSA) is 72.2 Å². The van der Waals surface area contributed by atoms with Crippen LogP contribution in [0.1, 0.15) is 23.0 Å². The summed E-state index contributed by atoms with van der Waals surface area (Å²) in [5.74, 6) is 0.412. The number of carbonyl (C=O) groups is 1. The van der Waals surface area contributed by atoms with Crippen molar-refractivity contribution in [3.05, 3.63) is 27.5 Å². The Hall–Kier alpha value is -0.920. The van der Waals surface area contributed by atoms with Crippen LogP contribution in [0.3, 0.4) is 0 Å². The molecule has 1 amide bonds. The van der Waals surface area contributed by atoms with Crippen molar-refractivity contribution in [2.24, 2.45) is 0 Å². The molecule has 0 bridgehead atoms. The number of fused-ring (bicyclic) bond motifs is 1. The monoisotopic (exact) mass is 388 g/mol. The van der Waals surface area contributed by atoms with Gasteiger partial charge in [0.05, 0.1) is 5.69 Å². The average Bonchev–Trinajstić information content (AvgIpc) is 2.74. The SMILES string of the molecule is CC(CCS(C)=O)NC(=O)c1sc2ccc(Br)cc2c1N. The third-order valence-electron chi connectivity index (χ3n) is 3.11. The van der Waals surface area contributed by atoms with Gasteiger partial charge in [0.2, 0.25) is 0 Å². The minimum atomic E-state index is -0.843. The molecule has 114 valence electrons. The summed E-state index contributed by atoms with van der Waals surface area (Å²) in [6.07, 6.45) is 2.35. The van der Waals surface area contributed by atoms with E-state index in [1.165, 1.54) is 11.3 Å². The molecule has 7 heteroatoms. The van der Waals surface area contributed by atoms with Crippen LogP contribution in [0.2, 0.25) is 0 Å². The molecule has 2 atom stereocenters. The fourth-order valence-corrected chi connectivity index (χ4v) is 4.01. The molecule has 21 heavy (non-hydrogen) atoms. The van der Waals surface area contributed by atoms with E-state index in [-0.39, 0.29) is 11.9 Å². The van der Waals surface area contributed by atoms with Crippen LogP contribution in [-0.4, -0.2) is 28.2 Å². The molecule has 2 rings (SSSR count). The Morgan fingerprint density at radius 3 is 2.90 bits per heavy atom. The fourth-order valence-electron chi connectivity index (χ4n) is 1.96. The summed E-state index contributed by atoms with van der Waals surface area (Å²) in [5, 5.41) is 3.80. The first-order valence-electron chi connectivity index (χ1n) is 6.47. The first-order chi connectivity index (χ1) is 9.88. The predicted octanol–water partition coefficient (Wildman–Crippen LogP) is 3.13. The van der Waals surface area contributed by atoms with Crippen molar-refractivity contribution in [2.75, 3.05) is 17.7 Å². The molecule has 1 heterocycles. The van der Waals surface area contributed by atoms with Crippen molar-refractivity contribution in [3.63, 3.8) is 0 Å². The zero-order valence-corrected chi connectivity index (χ0v) is 15.0. The van der Waals surface area contributed by atoms with Crippen molar-refractivity contribution < 1.29 is 9.00 Å². The molecule has 1 aromatic carbocycles. The number of rotatable bonds is 5. The number of nitrogens with two attached hydrogens (primary N) is 1. The van der Waals surface area contributed by atoms with Crippen LogP contribution in [-0.2, 0) is 10.8 Å². The molecule has 0 spiro atoms. The molecule has 2 unspecified atom stereocenters. The predicted molar refractivity (Wildman–Crippen MR) is 94.4 cm³/mol. The summed E-state index contributed by atoms with van der Waals surface area (Å²) in [6.45, 7) is 1.91. The van der Waals surface area contributed by atoms with Gasteiger partial charge in [-0.2, -0.15) is 0 Å². The van der Waals surface area contributed by atoms with Crippen molar-refractivity contribution in [2.45, 2.75) is 19.4 Å². The van der Waals surface area contributed by atoms with Gasteiger partial charge in [0.15, 0.2) is 0 Å². The molecule has 1 aromatic heterocycles. The Kier molecular flexibility index (Phi) is 5.40. The van der Waals surface area contributed by atoms with Crippen LogP contribution in [0.4, 0.5) is 5.69 Å². The Bertz CT molecular complexity index is 700. The van der Waals surface area contributed by atoms with Crippen LogP contribution < -0.4 is 11.1 Å². The van der Waals surface area contributed by atoms with Crippen molar-refractivity contribution >= 4 is 59.7 Å². The lowest BCUT2D eigenvalue weighted by molar-refractivity contribution is 0.0944. The van der Waals surface area contributed by atoms with Crippen molar-refractivity contribution in [1.29, 1.82) is 0 Å². The summed E-state index contributed by atoms with van der Waals surface area (Å²) in [4.78, 5) is 12.8. The maximum Gasteiger partial charge on any atom is 0.263 e. The van der Waals surface area contributed by atoms with E-state index in [0.29, 0.717) is 22.7 Å². The van der Waals surface area contributed by atoms with E-state index in [2.05, 4.69) is 21.2 Å². The summed E-state index contributed by atoms with van der Waals surface area (Å²) >= 11 is 4.80. The Morgan fingerprint density at radius 2 is 2.24 bits per heavy atom. The lowest BCUT2D eigenvalue weighted by Crippen LogP contribution is -2.33. The van der Waals surface area contributed by atoms with E-state index < -0.39 is 10.8 Å². The van der Waals surface area contributed by atoms with Gasteiger partial charge in [0, 0.05) is 43.4 Å². The zero-order chi connectivity index (χ0) is 15.6. The quantitative estimate of drug-likeness (QED) is 0.825. The number of benzene rings is 1. The van der Waals surface area contributed by atoms with Gasteiger partial charge in [-0.05, 0) is 31.5 Å². The van der Waals surface area contributed by atoms with Gasteiger partial charge in [-0.1, -0.05) is 15.9 Å². The van der Waals surface area contributed by atoms with Gasteiger partial charge in [0.25, 0.3) is 5.91 Å². The Labute approximate surface area is 138 Å². The van der Waals surface area contributed by atoms with Crippen LogP contribution >= 0.6 is 27.3 Å². The molecule has 2 aromatic rings. The van der Waals surface area contributed by atoms with Crippen LogP contribution in [0.15, 0.2) is 22.7 Å². The van der Waals surface area contributed by atoms with Crippen molar-refractivity contribution in [1.82, 2.24) is 5.32 Å². The fraction of sp³-hybridized carbons (Fsp3) is 0.357. The largest absolute Gasteiger partial charge is 0.397 e. The number of thiophene rings is 1. The number of hydrogen-bond acceptors (Lipinski definition) is 4. The number of nitrogen functional groups attached to an aromatic ring is 1. The van der Waals surface area contributed by atoms with Gasteiger partial charge in [-0.15, -0.1) is 11.3 Å². The molecule has 0 radical (unpaired) electrons. The summed E-state index contributed by atoms with van der Waals surface area (Å²) in [7, 11) is -0.843. The Morgan fingerprint density at radius 1 is 1.52 bits per heavy atom. The molecule has 0 saturated carbocycles. The number of carbonyl (C=O) groups excluding carboxylic acids is 1. The third-order valence-corrected chi connectivity index (χ3v) is 5.60. The van der Waals surface area contributed by atoms with Gasteiger partial charge in [-0.3, -0.25) is 9.00 Å². The van der Waals surface area contributed by atoms with E-state index >= 15 is 0 Å². The number of anilines is 1. The molecule has 0 saturated heterocycles. The molecule has 4 nitrogen and oxygen atoms in total. The molecular weight excluding hydrogens is 372 g/mol. The summed E-state index contributed by atoms with van der Waals surface area (Å²) < 4.78 is 13.0.